The number of Topliss-reactive ketones (excluding diaryl/α,β-unsaturated/α-hetero) is 7. The molecule has 2 aromatic rings. The summed E-state index contributed by atoms with van der Waals surface area (Å²) in [6.45, 7) is 1.30. The number of hydrogen-bond donors (Lipinski definition) is 13. The van der Waals surface area contributed by atoms with E-state index in [4.69, 9.17) is 5.11 Å². The normalized spacial score (nSPS) is 13.9. The lowest BCUT2D eigenvalue weighted by Crippen LogP contribution is -2.49. The number of hydrogen-bond acceptors (Lipinski definition) is 26. The van der Waals surface area contributed by atoms with E-state index < -0.39 is 204 Å². The first-order chi connectivity index (χ1) is 63.7. The summed E-state index contributed by atoms with van der Waals surface area (Å²) in [6.07, 6.45) is 6.08. The number of carboxylic acids is 6. The van der Waals surface area contributed by atoms with Crippen LogP contribution in [0.2, 0.25) is 0 Å². The van der Waals surface area contributed by atoms with Gasteiger partial charge in [0.25, 0.3) is 0 Å². The van der Waals surface area contributed by atoms with Crippen molar-refractivity contribution in [3.05, 3.63) is 71.8 Å². The molecule has 3 rings (SSSR count). The molecule has 1 unspecified atom stereocenters. The molecule has 13 N–H and O–H groups in total. The van der Waals surface area contributed by atoms with Crippen molar-refractivity contribution >= 4 is 141 Å². The third kappa shape index (κ3) is 52.3. The highest BCUT2D eigenvalue weighted by atomic mass is 32.2. The molecule has 8 atom stereocenters. The Morgan fingerprint density at radius 3 is 1.22 bits per heavy atom. The van der Waals surface area contributed by atoms with Crippen LogP contribution in [0, 0.1) is 23.7 Å². The second kappa shape index (κ2) is 66.9. The monoisotopic (exact) mass is 1900 g/mol. The Balaban J connectivity index is 1.49. The Morgan fingerprint density at radius 1 is 0.373 bits per heavy atom. The van der Waals surface area contributed by atoms with Crippen LogP contribution in [0.25, 0.3) is 0 Å². The van der Waals surface area contributed by atoms with Crippen LogP contribution in [0.4, 0.5) is 0 Å². The first kappa shape index (κ1) is 117. The third-order valence-electron chi connectivity index (χ3n) is 22.9. The van der Waals surface area contributed by atoms with Crippen molar-refractivity contribution < 1.29 is 152 Å². The number of ketones is 7. The molecule has 1 heterocycles. The van der Waals surface area contributed by atoms with Crippen molar-refractivity contribution in [1.29, 1.82) is 0 Å². The van der Waals surface area contributed by atoms with Crippen molar-refractivity contribution in [2.75, 3.05) is 38.5 Å². The molecule has 0 spiro atoms. The molecule has 40 heteroatoms. The zero-order valence-corrected chi connectivity index (χ0v) is 77.5. The number of aliphatic carboxylic acids is 6. The van der Waals surface area contributed by atoms with Gasteiger partial charge in [-0.1, -0.05) is 138 Å². The largest absolute Gasteiger partial charge is 0.481 e. The summed E-state index contributed by atoms with van der Waals surface area (Å²) in [5.41, 5.74) is 1.16. The average molecular weight is 1910 g/mol. The lowest BCUT2D eigenvalue weighted by Gasteiger charge is -2.25. The number of hydroxylamine groups is 6. The summed E-state index contributed by atoms with van der Waals surface area (Å²) >= 11 is 0.690. The molecule has 39 nitrogen and oxygen atoms in total. The first-order valence-electron chi connectivity index (χ1n) is 46.4. The summed E-state index contributed by atoms with van der Waals surface area (Å²) in [6, 6.07) is 11.6. The van der Waals surface area contributed by atoms with E-state index in [1.807, 2.05) is 0 Å². The predicted molar refractivity (Wildman–Crippen MR) is 482 cm³/mol. The highest BCUT2D eigenvalue weighted by Crippen LogP contribution is 2.30. The van der Waals surface area contributed by atoms with Gasteiger partial charge in [0.2, 0.25) is 53.2 Å². The van der Waals surface area contributed by atoms with E-state index in [0.717, 1.165) is 37.0 Å². The molecule has 1 aliphatic rings. The minimum Gasteiger partial charge on any atom is -0.481 e. The Labute approximate surface area is 783 Å². The Bertz CT molecular complexity index is 4210. The Kier molecular flexibility index (Phi) is 58.3. The van der Waals surface area contributed by atoms with E-state index in [2.05, 4.69) is 21.3 Å². The SMILES string of the molecule is CC(=O)N(O)CCCCCCC(=O)CCC(=O)N(O)CCCCCCC(=O)CCC(=O)N(O)CCCCCCC(=O)CCN1C(=O)CC(SC[C@H](CC(=O)[C@H](CC(=O)O)NC(=O)[C@H](CC(=O)O)CC(=O)[C@H](CC(=O)O)NC(=O)[C@@H](CC(=O)[C@H](Cc2ccccc2)NC(=O)CCCCCCCCC(=O)CCCCC[C@H](CC(=O)NCCCC(=O)O)C(=O)O)Cc2ccccc2)C(=O)O)C1=O. The van der Waals surface area contributed by atoms with Gasteiger partial charge in [-0.15, -0.1) is 11.8 Å². The van der Waals surface area contributed by atoms with Crippen LogP contribution in [0.5, 0.6) is 0 Å². The van der Waals surface area contributed by atoms with Crippen LogP contribution in [0.1, 0.15) is 294 Å². The molecule has 1 saturated heterocycles. The number of carboxylic acid groups (broad SMARTS) is 6. The Morgan fingerprint density at radius 2 is 0.769 bits per heavy atom. The lowest BCUT2D eigenvalue weighted by molar-refractivity contribution is -0.166. The topological polar surface area (TPSA) is 619 Å². The third-order valence-corrected chi connectivity index (χ3v) is 24.2. The van der Waals surface area contributed by atoms with E-state index in [1.165, 1.54) is 6.92 Å². The van der Waals surface area contributed by atoms with Crippen LogP contribution >= 0.6 is 11.8 Å². The molecule has 9 amide bonds. The molecule has 1 fully saturated rings. The standard InChI is InChI=1S/C94H136N8O31S/c1-63(103)100(131)48-26-9-6-21-37-71(105)42-44-83(113)101(132)49-27-10-7-22-38-72(106)43-45-84(114)102(133)50-28-11-8-23-39-73(107)46-51-99-85(115)61-80(92(99)126)134-62-69(94(129)130)56-79(110)76(60-89(122)123)98-91(125)68(58-87(118)119)55-78(109)75(59-88(120)121)97-90(124)67(52-64-30-15-12-16-31-64)54-77(108)74(53-65-32-17-13-18-33-65)96-81(111)40-25-5-3-2-4-20-35-70(104)36-24-14-19-34-66(93(127)128)57-82(112)95-47-29-41-86(116)117/h12-13,15-18,30-33,66-69,74-76,80,131-133H,2-11,14,19-29,34-62H2,1H3,(H,95,112)(H,96,111)(H,97,124)(H,98,125)(H,116,117)(H,118,119)(H,120,121)(H,122,123)(H,127,128)(H,129,130)/t66-,67-,68+,69+,74+,75+,76+,80?/m1/s1. The number of nitrogens with one attached hydrogen (secondary N) is 4. The molecule has 0 saturated carbocycles. The van der Waals surface area contributed by atoms with Gasteiger partial charge in [-0.3, -0.25) is 126 Å². The van der Waals surface area contributed by atoms with Crippen LogP contribution in [-0.4, -0.2) is 258 Å². The van der Waals surface area contributed by atoms with E-state index in [-0.39, 0.29) is 152 Å². The molecule has 134 heavy (non-hydrogen) atoms. The summed E-state index contributed by atoms with van der Waals surface area (Å²) < 4.78 is 0. The van der Waals surface area contributed by atoms with Gasteiger partial charge in [0.05, 0.1) is 60.4 Å². The van der Waals surface area contributed by atoms with Crippen LogP contribution in [0.15, 0.2) is 60.7 Å². The minimum absolute atomic E-state index is 0.00422. The van der Waals surface area contributed by atoms with Gasteiger partial charge in [0.1, 0.15) is 23.1 Å². The maximum Gasteiger partial charge on any atom is 0.307 e. The van der Waals surface area contributed by atoms with Gasteiger partial charge < -0.3 is 51.9 Å². The number of carbonyl (C=O) groups excluding carboxylic acids is 16. The number of benzene rings is 2. The first-order valence-corrected chi connectivity index (χ1v) is 47.4. The van der Waals surface area contributed by atoms with Crippen LogP contribution in [0.3, 0.4) is 0 Å². The van der Waals surface area contributed by atoms with Crippen molar-refractivity contribution in [2.24, 2.45) is 23.7 Å². The summed E-state index contributed by atoms with van der Waals surface area (Å²) in [5, 5.41) is 98.7. The van der Waals surface area contributed by atoms with Gasteiger partial charge in [0.15, 0.2) is 17.3 Å². The number of imide groups is 1. The predicted octanol–water partition coefficient (Wildman–Crippen LogP) is 8.92. The maximum absolute atomic E-state index is 14.6. The second-order valence-corrected chi connectivity index (χ2v) is 35.4. The number of likely N-dealkylation sites (tertiary alicyclic amines) is 1. The van der Waals surface area contributed by atoms with Crippen molar-refractivity contribution in [2.45, 2.75) is 319 Å². The molecule has 0 aliphatic carbocycles. The molecular weight excluding hydrogens is 1770 g/mol. The molecule has 2 aromatic carbocycles. The highest BCUT2D eigenvalue weighted by Gasteiger charge is 2.42. The van der Waals surface area contributed by atoms with Gasteiger partial charge in [-0.25, -0.2) is 15.2 Å². The van der Waals surface area contributed by atoms with Crippen molar-refractivity contribution in [3.8, 4) is 0 Å². The fourth-order valence-corrected chi connectivity index (χ4v) is 16.3. The van der Waals surface area contributed by atoms with Gasteiger partial charge in [-0.05, 0) is 94.6 Å². The van der Waals surface area contributed by atoms with Crippen LogP contribution < -0.4 is 21.3 Å². The lowest BCUT2D eigenvalue weighted by atomic mass is 9.88. The molecule has 744 valence electrons. The number of unbranched alkanes of at least 4 members (excludes halogenated alkanes) is 16. The number of rotatable bonds is 80. The molecule has 0 radical (unpaired) electrons. The molecule has 0 bridgehead atoms. The fraction of sp³-hybridized carbons (Fsp3) is 0.638. The Hall–Kier alpha value is -11.4. The smallest absolute Gasteiger partial charge is 0.307 e. The second-order valence-electron chi connectivity index (χ2n) is 34.1. The quantitative estimate of drug-likeness (QED) is 0.0127. The highest BCUT2D eigenvalue weighted by molar-refractivity contribution is 8.00. The van der Waals surface area contributed by atoms with E-state index in [9.17, 15) is 147 Å². The van der Waals surface area contributed by atoms with Gasteiger partial charge >= 0.3 is 35.8 Å². The van der Waals surface area contributed by atoms with E-state index >= 15 is 0 Å². The number of thioether (sulfide) groups is 1. The van der Waals surface area contributed by atoms with Gasteiger partial charge in [0, 0.05) is 160 Å². The number of amides is 9. The fourth-order valence-electron chi connectivity index (χ4n) is 15.0. The number of carbonyl (C=O) groups is 22. The van der Waals surface area contributed by atoms with Crippen LogP contribution in [-0.2, 0) is 118 Å². The summed E-state index contributed by atoms with van der Waals surface area (Å²) in [4.78, 5) is 283. The maximum atomic E-state index is 14.6. The summed E-state index contributed by atoms with van der Waals surface area (Å²) in [7, 11) is 0. The van der Waals surface area contributed by atoms with E-state index in [0.29, 0.717) is 154 Å². The summed E-state index contributed by atoms with van der Waals surface area (Å²) in [5.74, 6) is -25.3. The average Bonchev–Trinajstić information content (AvgIpc) is 1.67. The van der Waals surface area contributed by atoms with Crippen molar-refractivity contribution in [1.82, 2.24) is 41.4 Å². The molecular formula is C94H136N8O31S. The van der Waals surface area contributed by atoms with Gasteiger partial charge in [-0.2, -0.15) is 0 Å². The van der Waals surface area contributed by atoms with Crippen molar-refractivity contribution in [3.63, 3.8) is 0 Å². The molecule has 1 aliphatic heterocycles. The zero-order chi connectivity index (χ0) is 99.5. The molecule has 0 aromatic heterocycles. The van der Waals surface area contributed by atoms with E-state index in [1.54, 1.807) is 60.7 Å². The minimum atomic E-state index is -2.07. The number of nitrogens with zero attached hydrogens (tertiary/aromatic N) is 4. The zero-order valence-electron chi connectivity index (χ0n) is 76.7.